The van der Waals surface area contributed by atoms with Crippen molar-refractivity contribution in [2.75, 3.05) is 7.11 Å². The van der Waals surface area contributed by atoms with Gasteiger partial charge in [-0.05, 0) is 61.5 Å². The summed E-state index contributed by atoms with van der Waals surface area (Å²) in [4.78, 5) is 13.0. The van der Waals surface area contributed by atoms with Crippen molar-refractivity contribution in [1.29, 1.82) is 0 Å². The minimum absolute atomic E-state index is 0.151. The van der Waals surface area contributed by atoms with E-state index in [0.717, 1.165) is 22.7 Å². The minimum Gasteiger partial charge on any atom is -0.497 e. The Morgan fingerprint density at radius 2 is 1.59 bits per heavy atom. The third kappa shape index (κ3) is 3.93. The van der Waals surface area contributed by atoms with Crippen LogP contribution in [0.3, 0.4) is 0 Å². The highest BCUT2D eigenvalue weighted by molar-refractivity contribution is 6.30. The monoisotopic (exact) mass is 402 g/mol. The summed E-state index contributed by atoms with van der Waals surface area (Å²) in [5.41, 5.74) is 4.75. The van der Waals surface area contributed by atoms with Gasteiger partial charge in [0.2, 0.25) is 5.78 Å². The van der Waals surface area contributed by atoms with Crippen LogP contribution in [0.5, 0.6) is 5.75 Å². The highest BCUT2D eigenvalue weighted by Crippen LogP contribution is 2.27. The fraction of sp³-hybridized carbons (Fsp3) is 0.0833. The maximum Gasteiger partial charge on any atom is 0.213 e. The Hall–Kier alpha value is -3.37. The number of hydrogen-bond acceptors (Lipinski definition) is 3. The molecular weight excluding hydrogens is 384 g/mol. The first-order chi connectivity index (χ1) is 14.0. The number of aryl methyl sites for hydroxylation is 1. The molecule has 0 aliphatic heterocycles. The molecule has 0 radical (unpaired) electrons. The van der Waals surface area contributed by atoms with Crippen LogP contribution < -0.4 is 4.74 Å². The standard InChI is InChI=1S/C24H19ClN2O2/c1-16-3-5-17(6-4-16)23-15-22(24(28)18-7-9-19(25)10-8-18)26-27(23)20-11-13-21(29-2)14-12-20/h3-15H,1-2H3. The molecule has 0 spiro atoms. The average Bonchev–Trinajstić information content (AvgIpc) is 3.20. The molecule has 4 nitrogen and oxygen atoms in total. The first-order valence-corrected chi connectivity index (χ1v) is 9.55. The molecule has 0 fully saturated rings. The number of methoxy groups -OCH3 is 1. The second-order valence-corrected chi connectivity index (χ2v) is 7.16. The number of ketones is 1. The first-order valence-electron chi connectivity index (χ1n) is 9.17. The van der Waals surface area contributed by atoms with E-state index in [1.807, 2.05) is 61.5 Å². The predicted molar refractivity (Wildman–Crippen MR) is 115 cm³/mol. The van der Waals surface area contributed by atoms with E-state index in [1.54, 1.807) is 36.1 Å². The number of carbonyl (C=O) groups excluding carboxylic acids is 1. The fourth-order valence-corrected chi connectivity index (χ4v) is 3.22. The van der Waals surface area contributed by atoms with Gasteiger partial charge >= 0.3 is 0 Å². The lowest BCUT2D eigenvalue weighted by Crippen LogP contribution is -2.04. The van der Waals surface area contributed by atoms with Gasteiger partial charge in [-0.1, -0.05) is 41.4 Å². The van der Waals surface area contributed by atoms with Crippen LogP contribution in [0.1, 0.15) is 21.6 Å². The number of benzene rings is 3. The van der Waals surface area contributed by atoms with Gasteiger partial charge < -0.3 is 4.74 Å². The normalized spacial score (nSPS) is 10.7. The molecule has 1 aromatic heterocycles. The summed E-state index contributed by atoms with van der Waals surface area (Å²) >= 11 is 5.95. The van der Waals surface area contributed by atoms with E-state index in [9.17, 15) is 4.79 Å². The molecule has 0 atom stereocenters. The second-order valence-electron chi connectivity index (χ2n) is 6.73. The number of rotatable bonds is 5. The van der Waals surface area contributed by atoms with E-state index in [-0.39, 0.29) is 5.78 Å². The Morgan fingerprint density at radius 1 is 0.931 bits per heavy atom. The molecule has 4 aromatic rings. The molecule has 0 bridgehead atoms. The molecule has 0 saturated heterocycles. The van der Waals surface area contributed by atoms with E-state index < -0.39 is 0 Å². The van der Waals surface area contributed by atoms with Crippen molar-refractivity contribution in [2.24, 2.45) is 0 Å². The predicted octanol–water partition coefficient (Wildman–Crippen LogP) is 5.74. The lowest BCUT2D eigenvalue weighted by Gasteiger charge is -2.09. The Kier molecular flexibility index (Phi) is 5.19. The number of halogens is 1. The summed E-state index contributed by atoms with van der Waals surface area (Å²) in [6, 6.07) is 24.4. The fourth-order valence-electron chi connectivity index (χ4n) is 3.09. The maximum atomic E-state index is 13.0. The van der Waals surface area contributed by atoms with Crippen molar-refractivity contribution >= 4 is 17.4 Å². The number of hydrogen-bond donors (Lipinski definition) is 0. The topological polar surface area (TPSA) is 44.1 Å². The molecule has 0 amide bonds. The summed E-state index contributed by atoms with van der Waals surface area (Å²) in [5, 5.41) is 5.22. The van der Waals surface area contributed by atoms with Crippen molar-refractivity contribution in [2.45, 2.75) is 6.92 Å². The maximum absolute atomic E-state index is 13.0. The van der Waals surface area contributed by atoms with Crippen LogP contribution in [0, 0.1) is 6.92 Å². The zero-order chi connectivity index (χ0) is 20.4. The van der Waals surface area contributed by atoms with Crippen molar-refractivity contribution in [3.8, 4) is 22.7 Å². The zero-order valence-electron chi connectivity index (χ0n) is 16.1. The highest BCUT2D eigenvalue weighted by atomic mass is 35.5. The molecule has 144 valence electrons. The molecule has 29 heavy (non-hydrogen) atoms. The van der Waals surface area contributed by atoms with Gasteiger partial charge in [-0.25, -0.2) is 4.68 Å². The zero-order valence-corrected chi connectivity index (χ0v) is 16.9. The van der Waals surface area contributed by atoms with Crippen molar-refractivity contribution in [3.63, 3.8) is 0 Å². The molecular formula is C24H19ClN2O2. The molecule has 4 rings (SSSR count). The third-order valence-electron chi connectivity index (χ3n) is 4.71. The molecule has 5 heteroatoms. The largest absolute Gasteiger partial charge is 0.497 e. The van der Waals surface area contributed by atoms with E-state index in [4.69, 9.17) is 16.3 Å². The average molecular weight is 403 g/mol. The van der Waals surface area contributed by atoms with Crippen LogP contribution in [0.25, 0.3) is 16.9 Å². The summed E-state index contributed by atoms with van der Waals surface area (Å²) in [7, 11) is 1.63. The molecule has 0 unspecified atom stereocenters. The summed E-state index contributed by atoms with van der Waals surface area (Å²) < 4.78 is 7.03. The molecule has 0 aliphatic carbocycles. The number of nitrogens with zero attached hydrogens (tertiary/aromatic N) is 2. The lowest BCUT2D eigenvalue weighted by atomic mass is 10.1. The van der Waals surface area contributed by atoms with Gasteiger partial charge in [-0.15, -0.1) is 0 Å². The van der Waals surface area contributed by atoms with Gasteiger partial charge in [-0.3, -0.25) is 4.79 Å². The van der Waals surface area contributed by atoms with Crippen molar-refractivity contribution < 1.29 is 9.53 Å². The molecule has 0 saturated carbocycles. The van der Waals surface area contributed by atoms with Gasteiger partial charge in [0.15, 0.2) is 0 Å². The molecule has 0 N–H and O–H groups in total. The molecule has 3 aromatic carbocycles. The van der Waals surface area contributed by atoms with Crippen LogP contribution in [0.4, 0.5) is 0 Å². The molecule has 0 aliphatic rings. The van der Waals surface area contributed by atoms with E-state index in [2.05, 4.69) is 5.10 Å². The Balaban J connectivity index is 1.82. The van der Waals surface area contributed by atoms with E-state index in [1.165, 1.54) is 5.56 Å². The van der Waals surface area contributed by atoms with Gasteiger partial charge in [-0.2, -0.15) is 5.10 Å². The smallest absolute Gasteiger partial charge is 0.213 e. The minimum atomic E-state index is -0.151. The van der Waals surface area contributed by atoms with Crippen LogP contribution in [-0.4, -0.2) is 22.7 Å². The van der Waals surface area contributed by atoms with E-state index >= 15 is 0 Å². The molecule has 1 heterocycles. The van der Waals surface area contributed by atoms with Crippen molar-refractivity contribution in [1.82, 2.24) is 9.78 Å². The number of aromatic nitrogens is 2. The number of ether oxygens (including phenoxy) is 1. The van der Waals surface area contributed by atoms with Gasteiger partial charge in [0.05, 0.1) is 18.5 Å². The summed E-state index contributed by atoms with van der Waals surface area (Å²) in [5.74, 6) is 0.609. The quantitative estimate of drug-likeness (QED) is 0.400. The van der Waals surface area contributed by atoms with Crippen LogP contribution in [0.2, 0.25) is 5.02 Å². The van der Waals surface area contributed by atoms with Gasteiger partial charge in [0, 0.05) is 16.1 Å². The highest BCUT2D eigenvalue weighted by Gasteiger charge is 2.18. The third-order valence-corrected chi connectivity index (χ3v) is 4.96. The lowest BCUT2D eigenvalue weighted by molar-refractivity contribution is 0.103. The van der Waals surface area contributed by atoms with E-state index in [0.29, 0.717) is 16.3 Å². The van der Waals surface area contributed by atoms with Crippen molar-refractivity contribution in [3.05, 3.63) is 101 Å². The number of carbonyl (C=O) groups is 1. The van der Waals surface area contributed by atoms with Crippen LogP contribution in [-0.2, 0) is 0 Å². The SMILES string of the molecule is COc1ccc(-n2nc(C(=O)c3ccc(Cl)cc3)cc2-c2ccc(C)cc2)cc1. The Bertz CT molecular complexity index is 1150. The van der Waals surface area contributed by atoms with Gasteiger partial charge in [0.25, 0.3) is 0 Å². The first kappa shape index (κ1) is 19.0. The Morgan fingerprint density at radius 3 is 2.21 bits per heavy atom. The summed E-state index contributed by atoms with van der Waals surface area (Å²) in [6.45, 7) is 2.04. The van der Waals surface area contributed by atoms with Crippen LogP contribution >= 0.6 is 11.6 Å². The van der Waals surface area contributed by atoms with Crippen LogP contribution in [0.15, 0.2) is 78.9 Å². The second kappa shape index (κ2) is 7.94. The van der Waals surface area contributed by atoms with Gasteiger partial charge in [0.1, 0.15) is 11.4 Å². The Labute approximate surface area is 174 Å². The summed E-state index contributed by atoms with van der Waals surface area (Å²) in [6.07, 6.45) is 0.